The smallest absolute Gasteiger partial charge is 0.123 e. The molecule has 1 aliphatic rings. The molecule has 106 valence electrons. The van der Waals surface area contributed by atoms with Gasteiger partial charge in [-0.2, -0.15) is 0 Å². The Morgan fingerprint density at radius 1 is 1.35 bits per heavy atom. The zero-order chi connectivity index (χ0) is 14.6. The van der Waals surface area contributed by atoms with Crippen LogP contribution in [0.1, 0.15) is 30.9 Å². The maximum Gasteiger partial charge on any atom is 0.123 e. The van der Waals surface area contributed by atoms with Gasteiger partial charge in [0.05, 0.1) is 13.2 Å². The lowest BCUT2D eigenvalue weighted by molar-refractivity contribution is 0.266. The first-order chi connectivity index (χ1) is 9.66. The molecule has 0 bridgehead atoms. The van der Waals surface area contributed by atoms with Gasteiger partial charge in [-0.05, 0) is 43.0 Å². The van der Waals surface area contributed by atoms with Crippen molar-refractivity contribution in [2.24, 2.45) is 0 Å². The Morgan fingerprint density at radius 2 is 2.05 bits per heavy atom. The fourth-order valence-electron chi connectivity index (χ4n) is 2.84. The Balaban J connectivity index is 2.47. The maximum absolute atomic E-state index is 9.03. The van der Waals surface area contributed by atoms with Crippen molar-refractivity contribution in [2.75, 3.05) is 13.2 Å². The molecule has 0 aromatic heterocycles. The molecule has 0 atom stereocenters. The highest BCUT2D eigenvalue weighted by Gasteiger charge is 2.38. The Hall–Kier alpha value is -1.80. The van der Waals surface area contributed by atoms with Gasteiger partial charge in [0.1, 0.15) is 5.75 Å². The molecule has 0 spiro atoms. The van der Waals surface area contributed by atoms with Crippen LogP contribution >= 0.6 is 0 Å². The molecule has 1 aliphatic heterocycles. The van der Waals surface area contributed by atoms with E-state index in [0.717, 1.165) is 29.7 Å². The van der Waals surface area contributed by atoms with Gasteiger partial charge in [-0.15, -0.1) is 13.2 Å². The maximum atomic E-state index is 9.03. The molecule has 0 fully saturated rings. The minimum atomic E-state index is -0.0473. The molecule has 2 rings (SSSR count). The molecule has 1 N–H and O–H groups in total. The molecule has 0 saturated heterocycles. The van der Waals surface area contributed by atoms with Crippen molar-refractivity contribution in [2.45, 2.75) is 25.2 Å². The molecule has 0 unspecified atom stereocenters. The first-order valence-corrected chi connectivity index (χ1v) is 6.94. The summed E-state index contributed by atoms with van der Waals surface area (Å²) in [7, 11) is 0. The van der Waals surface area contributed by atoms with Crippen molar-refractivity contribution >= 4 is 5.57 Å². The fourth-order valence-corrected chi connectivity index (χ4v) is 2.84. The van der Waals surface area contributed by atoms with Crippen LogP contribution in [0.5, 0.6) is 5.75 Å². The Bertz CT molecular complexity index is 530. The van der Waals surface area contributed by atoms with Crippen LogP contribution in [0.3, 0.4) is 0 Å². The molecule has 20 heavy (non-hydrogen) atoms. The van der Waals surface area contributed by atoms with Crippen molar-refractivity contribution in [3.63, 3.8) is 0 Å². The van der Waals surface area contributed by atoms with E-state index in [-0.39, 0.29) is 12.0 Å². The van der Waals surface area contributed by atoms with Gasteiger partial charge in [-0.1, -0.05) is 24.3 Å². The summed E-state index contributed by atoms with van der Waals surface area (Å²) in [6.45, 7) is 10.5. The van der Waals surface area contributed by atoms with Gasteiger partial charge in [0.25, 0.3) is 0 Å². The number of aliphatic hydroxyl groups is 1. The lowest BCUT2D eigenvalue weighted by Gasteiger charge is -2.25. The third-order valence-corrected chi connectivity index (χ3v) is 3.98. The molecule has 1 heterocycles. The lowest BCUT2D eigenvalue weighted by atomic mass is 9.76. The summed E-state index contributed by atoms with van der Waals surface area (Å²) in [6.07, 6.45) is 7.47. The summed E-state index contributed by atoms with van der Waals surface area (Å²) in [6, 6.07) is 6.24. The van der Waals surface area contributed by atoms with Crippen molar-refractivity contribution in [3.05, 3.63) is 60.7 Å². The number of hydrogen-bond acceptors (Lipinski definition) is 2. The van der Waals surface area contributed by atoms with E-state index in [4.69, 9.17) is 9.84 Å². The molecule has 1 aromatic rings. The highest BCUT2D eigenvalue weighted by atomic mass is 16.5. The number of hydrogen-bond donors (Lipinski definition) is 1. The van der Waals surface area contributed by atoms with Crippen LogP contribution in [0.15, 0.2) is 49.6 Å². The molecule has 1 aromatic carbocycles. The molecule has 2 heteroatoms. The summed E-state index contributed by atoms with van der Waals surface area (Å²) in [5.41, 5.74) is 3.38. The van der Waals surface area contributed by atoms with Gasteiger partial charge < -0.3 is 9.84 Å². The van der Waals surface area contributed by atoms with Crippen LogP contribution in [0, 0.1) is 0 Å². The predicted molar refractivity (Wildman–Crippen MR) is 84.0 cm³/mol. The molecule has 0 amide bonds. The summed E-state index contributed by atoms with van der Waals surface area (Å²) in [4.78, 5) is 0. The van der Waals surface area contributed by atoms with E-state index in [0.29, 0.717) is 6.61 Å². The van der Waals surface area contributed by atoms with Gasteiger partial charge in [0.15, 0.2) is 0 Å². The van der Waals surface area contributed by atoms with Crippen LogP contribution in [-0.2, 0) is 5.41 Å². The van der Waals surface area contributed by atoms with Crippen LogP contribution in [-0.4, -0.2) is 18.3 Å². The third kappa shape index (κ3) is 2.56. The Morgan fingerprint density at radius 3 is 2.65 bits per heavy atom. The molecule has 0 saturated carbocycles. The van der Waals surface area contributed by atoms with E-state index < -0.39 is 0 Å². The fraction of sp³-hybridized carbons (Fsp3) is 0.333. The van der Waals surface area contributed by atoms with E-state index in [1.54, 1.807) is 0 Å². The summed E-state index contributed by atoms with van der Waals surface area (Å²) >= 11 is 0. The first-order valence-electron chi connectivity index (χ1n) is 6.94. The molecule has 0 radical (unpaired) electrons. The van der Waals surface area contributed by atoms with Crippen molar-refractivity contribution in [1.82, 2.24) is 0 Å². The zero-order valence-corrected chi connectivity index (χ0v) is 12.1. The summed E-state index contributed by atoms with van der Waals surface area (Å²) in [5, 5.41) is 9.03. The largest absolute Gasteiger partial charge is 0.492 e. The highest BCUT2D eigenvalue weighted by Crippen LogP contribution is 2.45. The SMILES string of the molecule is C=CCC1(CC=C)COc2ccc(/C(C)=C\CO)cc21. The zero-order valence-electron chi connectivity index (χ0n) is 12.1. The van der Waals surface area contributed by atoms with E-state index in [1.165, 1.54) is 5.56 Å². The topological polar surface area (TPSA) is 29.5 Å². The summed E-state index contributed by atoms with van der Waals surface area (Å²) < 4.78 is 5.85. The quantitative estimate of drug-likeness (QED) is 0.795. The second-order valence-electron chi connectivity index (χ2n) is 5.34. The Kier molecular flexibility index (Phi) is 4.46. The average Bonchev–Trinajstić information content (AvgIpc) is 2.79. The first kappa shape index (κ1) is 14.6. The van der Waals surface area contributed by atoms with Crippen LogP contribution in [0.2, 0.25) is 0 Å². The van der Waals surface area contributed by atoms with Gasteiger partial charge >= 0.3 is 0 Å². The van der Waals surface area contributed by atoms with Crippen LogP contribution < -0.4 is 4.74 Å². The molecule has 2 nitrogen and oxygen atoms in total. The van der Waals surface area contributed by atoms with Gasteiger partial charge in [-0.25, -0.2) is 0 Å². The lowest BCUT2D eigenvalue weighted by Crippen LogP contribution is -2.26. The highest BCUT2D eigenvalue weighted by molar-refractivity contribution is 5.66. The molecular formula is C18H22O2. The average molecular weight is 270 g/mol. The van der Waals surface area contributed by atoms with Crippen LogP contribution in [0.25, 0.3) is 5.57 Å². The number of ether oxygens (including phenoxy) is 1. The van der Waals surface area contributed by atoms with Crippen LogP contribution in [0.4, 0.5) is 0 Å². The van der Waals surface area contributed by atoms with E-state index >= 15 is 0 Å². The van der Waals surface area contributed by atoms with E-state index in [1.807, 2.05) is 37.3 Å². The number of rotatable bonds is 6. The number of aliphatic hydroxyl groups excluding tert-OH is 1. The molecular weight excluding hydrogens is 248 g/mol. The standard InChI is InChI=1S/C18H22O2/c1-4-9-18(10-5-2)13-20-17-7-6-15(12-16(17)18)14(3)8-11-19/h4-8,12,19H,1-2,9-11,13H2,3H3/b14-8-. The monoisotopic (exact) mass is 270 g/mol. The number of benzene rings is 1. The summed E-state index contributed by atoms with van der Waals surface area (Å²) in [5.74, 6) is 0.953. The second kappa shape index (κ2) is 6.10. The van der Waals surface area contributed by atoms with Gasteiger partial charge in [0, 0.05) is 11.0 Å². The molecule has 0 aliphatic carbocycles. The number of allylic oxidation sites excluding steroid dienone is 3. The normalized spacial score (nSPS) is 16.4. The van der Waals surface area contributed by atoms with Gasteiger partial charge in [-0.3, -0.25) is 0 Å². The van der Waals surface area contributed by atoms with Crippen molar-refractivity contribution in [3.8, 4) is 5.75 Å². The van der Waals surface area contributed by atoms with E-state index in [2.05, 4.69) is 19.2 Å². The second-order valence-corrected chi connectivity index (χ2v) is 5.34. The predicted octanol–water partition coefficient (Wildman–Crippen LogP) is 3.86. The third-order valence-electron chi connectivity index (χ3n) is 3.98. The minimum Gasteiger partial charge on any atom is -0.492 e. The van der Waals surface area contributed by atoms with Crippen molar-refractivity contribution < 1.29 is 9.84 Å². The van der Waals surface area contributed by atoms with E-state index in [9.17, 15) is 0 Å². The number of fused-ring (bicyclic) bond motifs is 1. The van der Waals surface area contributed by atoms with Crippen molar-refractivity contribution in [1.29, 1.82) is 0 Å². The minimum absolute atomic E-state index is 0.0473. The Labute approximate surface area is 121 Å². The van der Waals surface area contributed by atoms with Gasteiger partial charge in [0.2, 0.25) is 0 Å².